The standard InChI is InChI=1S/C21H21ClN4O2S/c1-11-7-14(5-6-15(11)22)26-20-19-21(25-12(2)24-20)29-18-9-17(28-4)16(27-3)8-13(18)10-23-19/h5-9,23H,10H2,1-4H3,(H,24,25,26). The lowest BCUT2D eigenvalue weighted by Gasteiger charge is -2.15. The molecule has 0 spiro atoms. The summed E-state index contributed by atoms with van der Waals surface area (Å²) in [5.74, 6) is 2.82. The van der Waals surface area contributed by atoms with E-state index in [1.807, 2.05) is 44.2 Å². The van der Waals surface area contributed by atoms with Crippen molar-refractivity contribution < 1.29 is 9.47 Å². The van der Waals surface area contributed by atoms with Gasteiger partial charge in [0, 0.05) is 22.2 Å². The van der Waals surface area contributed by atoms with Gasteiger partial charge in [-0.2, -0.15) is 0 Å². The molecule has 0 bridgehead atoms. The molecular formula is C21H21ClN4O2S. The number of anilines is 3. The van der Waals surface area contributed by atoms with Crippen molar-refractivity contribution >= 4 is 40.6 Å². The predicted molar refractivity (Wildman–Crippen MR) is 117 cm³/mol. The van der Waals surface area contributed by atoms with Gasteiger partial charge >= 0.3 is 0 Å². The van der Waals surface area contributed by atoms with Crippen molar-refractivity contribution in [1.29, 1.82) is 0 Å². The van der Waals surface area contributed by atoms with Gasteiger partial charge in [0.1, 0.15) is 16.5 Å². The molecule has 2 heterocycles. The van der Waals surface area contributed by atoms with Crippen LogP contribution in [0.25, 0.3) is 0 Å². The van der Waals surface area contributed by atoms with Gasteiger partial charge in [-0.1, -0.05) is 23.4 Å². The SMILES string of the molecule is COc1cc2c(cc1OC)Sc1nc(C)nc(Nc3ccc(Cl)c(C)c3)c1NC2. The first-order chi connectivity index (χ1) is 14.0. The summed E-state index contributed by atoms with van der Waals surface area (Å²) in [6, 6.07) is 9.80. The monoisotopic (exact) mass is 428 g/mol. The van der Waals surface area contributed by atoms with Crippen LogP contribution in [0.4, 0.5) is 17.2 Å². The van der Waals surface area contributed by atoms with E-state index < -0.39 is 0 Å². The maximum absolute atomic E-state index is 6.16. The van der Waals surface area contributed by atoms with Crippen LogP contribution in [0.5, 0.6) is 11.5 Å². The molecule has 29 heavy (non-hydrogen) atoms. The number of aryl methyl sites for hydroxylation is 2. The molecule has 8 heteroatoms. The Morgan fingerprint density at radius 1 is 1.07 bits per heavy atom. The highest BCUT2D eigenvalue weighted by molar-refractivity contribution is 7.99. The molecule has 1 aliphatic heterocycles. The number of fused-ring (bicyclic) bond motifs is 2. The highest BCUT2D eigenvalue weighted by Crippen LogP contribution is 2.44. The Balaban J connectivity index is 1.73. The van der Waals surface area contributed by atoms with Crippen LogP contribution in [0.2, 0.25) is 5.02 Å². The quantitative estimate of drug-likeness (QED) is 0.525. The summed E-state index contributed by atoms with van der Waals surface area (Å²) in [5, 5.41) is 8.48. The summed E-state index contributed by atoms with van der Waals surface area (Å²) in [4.78, 5) is 10.4. The van der Waals surface area contributed by atoms with Gasteiger partial charge < -0.3 is 20.1 Å². The average molecular weight is 429 g/mol. The topological polar surface area (TPSA) is 68.3 Å². The van der Waals surface area contributed by atoms with Crippen LogP contribution >= 0.6 is 23.4 Å². The summed E-state index contributed by atoms with van der Waals surface area (Å²) in [7, 11) is 3.28. The number of halogens is 1. The van der Waals surface area contributed by atoms with Gasteiger partial charge in [-0.05, 0) is 55.3 Å². The third kappa shape index (κ3) is 3.93. The van der Waals surface area contributed by atoms with Gasteiger partial charge in [-0.25, -0.2) is 9.97 Å². The molecule has 3 aromatic rings. The van der Waals surface area contributed by atoms with Crippen molar-refractivity contribution in [3.8, 4) is 11.5 Å². The molecule has 0 atom stereocenters. The number of benzene rings is 2. The normalized spacial score (nSPS) is 12.3. The molecule has 2 N–H and O–H groups in total. The van der Waals surface area contributed by atoms with Gasteiger partial charge in [0.25, 0.3) is 0 Å². The van der Waals surface area contributed by atoms with E-state index in [2.05, 4.69) is 20.6 Å². The van der Waals surface area contributed by atoms with Crippen LogP contribution < -0.4 is 20.1 Å². The molecule has 1 aromatic heterocycles. The van der Waals surface area contributed by atoms with Gasteiger partial charge in [0.05, 0.1) is 14.2 Å². The van der Waals surface area contributed by atoms with Crippen LogP contribution in [0.15, 0.2) is 40.3 Å². The molecule has 150 valence electrons. The van der Waals surface area contributed by atoms with E-state index in [1.54, 1.807) is 26.0 Å². The van der Waals surface area contributed by atoms with E-state index in [-0.39, 0.29) is 0 Å². The zero-order valence-electron chi connectivity index (χ0n) is 16.6. The molecule has 0 fully saturated rings. The Morgan fingerprint density at radius 3 is 2.55 bits per heavy atom. The predicted octanol–water partition coefficient (Wildman–Crippen LogP) is 5.58. The maximum Gasteiger partial charge on any atom is 0.161 e. The number of hydrogen-bond acceptors (Lipinski definition) is 7. The van der Waals surface area contributed by atoms with E-state index >= 15 is 0 Å². The third-order valence-corrected chi connectivity index (χ3v) is 6.15. The number of nitrogens with one attached hydrogen (secondary N) is 2. The Hall–Kier alpha value is -2.64. The number of hydrogen-bond donors (Lipinski definition) is 2. The third-order valence-electron chi connectivity index (χ3n) is 4.64. The van der Waals surface area contributed by atoms with Crippen molar-refractivity contribution in [2.75, 3.05) is 24.9 Å². The average Bonchev–Trinajstić information content (AvgIpc) is 2.88. The first kappa shape index (κ1) is 19.7. The number of aromatic nitrogens is 2. The molecule has 0 unspecified atom stereocenters. The fourth-order valence-corrected chi connectivity index (χ4v) is 4.36. The highest BCUT2D eigenvalue weighted by Gasteiger charge is 2.22. The number of rotatable bonds is 4. The molecule has 1 aliphatic rings. The maximum atomic E-state index is 6.16. The lowest BCUT2D eigenvalue weighted by molar-refractivity contribution is 0.353. The van der Waals surface area contributed by atoms with Crippen LogP contribution in [0.1, 0.15) is 17.0 Å². The van der Waals surface area contributed by atoms with E-state index in [0.29, 0.717) is 23.9 Å². The second-order valence-corrected chi connectivity index (χ2v) is 8.10. The summed E-state index contributed by atoms with van der Waals surface area (Å²) < 4.78 is 10.9. The van der Waals surface area contributed by atoms with Crippen LogP contribution in [0, 0.1) is 13.8 Å². The molecular weight excluding hydrogens is 408 g/mol. The minimum atomic E-state index is 0.621. The fourth-order valence-electron chi connectivity index (χ4n) is 3.15. The second-order valence-electron chi connectivity index (χ2n) is 6.66. The van der Waals surface area contributed by atoms with Gasteiger partial charge in [-0.3, -0.25) is 0 Å². The van der Waals surface area contributed by atoms with Crippen molar-refractivity contribution in [2.45, 2.75) is 30.3 Å². The minimum absolute atomic E-state index is 0.621. The Labute approximate surface area is 179 Å². The largest absolute Gasteiger partial charge is 0.493 e. The Bertz CT molecular complexity index is 1090. The zero-order chi connectivity index (χ0) is 20.5. The van der Waals surface area contributed by atoms with E-state index in [4.69, 9.17) is 21.1 Å². The molecule has 4 rings (SSSR count). The van der Waals surface area contributed by atoms with E-state index in [0.717, 1.165) is 43.3 Å². The van der Waals surface area contributed by atoms with Gasteiger partial charge in [-0.15, -0.1) is 0 Å². The molecule has 2 aromatic carbocycles. The van der Waals surface area contributed by atoms with Crippen molar-refractivity contribution in [2.24, 2.45) is 0 Å². The molecule has 0 radical (unpaired) electrons. The molecule has 0 saturated carbocycles. The zero-order valence-corrected chi connectivity index (χ0v) is 18.2. The van der Waals surface area contributed by atoms with Crippen molar-refractivity contribution in [1.82, 2.24) is 9.97 Å². The van der Waals surface area contributed by atoms with E-state index in [1.165, 1.54) is 0 Å². The second kappa shape index (κ2) is 8.00. The summed E-state index contributed by atoms with van der Waals surface area (Å²) in [6.45, 7) is 4.49. The van der Waals surface area contributed by atoms with Gasteiger partial charge in [0.2, 0.25) is 0 Å². The molecule has 0 amide bonds. The Morgan fingerprint density at radius 2 is 1.83 bits per heavy atom. The van der Waals surface area contributed by atoms with Crippen LogP contribution in [0.3, 0.4) is 0 Å². The minimum Gasteiger partial charge on any atom is -0.493 e. The lowest BCUT2D eigenvalue weighted by atomic mass is 10.2. The molecule has 0 saturated heterocycles. The first-order valence-electron chi connectivity index (χ1n) is 9.07. The van der Waals surface area contributed by atoms with Crippen LogP contribution in [-0.2, 0) is 6.54 Å². The number of nitrogens with zero attached hydrogens (tertiary/aromatic N) is 2. The highest BCUT2D eigenvalue weighted by atomic mass is 35.5. The molecule has 0 aliphatic carbocycles. The molecule has 6 nitrogen and oxygen atoms in total. The summed E-state index contributed by atoms with van der Waals surface area (Å²) in [6.07, 6.45) is 0. The summed E-state index contributed by atoms with van der Waals surface area (Å²) >= 11 is 7.74. The first-order valence-corrected chi connectivity index (χ1v) is 10.3. The number of ether oxygens (including phenoxy) is 2. The summed E-state index contributed by atoms with van der Waals surface area (Å²) in [5.41, 5.74) is 3.89. The van der Waals surface area contributed by atoms with Gasteiger partial charge in [0.15, 0.2) is 17.3 Å². The van der Waals surface area contributed by atoms with Crippen LogP contribution in [-0.4, -0.2) is 24.2 Å². The Kier molecular flexibility index (Phi) is 5.43. The smallest absolute Gasteiger partial charge is 0.161 e. The van der Waals surface area contributed by atoms with Crippen molar-refractivity contribution in [3.63, 3.8) is 0 Å². The van der Waals surface area contributed by atoms with Crippen molar-refractivity contribution in [3.05, 3.63) is 52.3 Å². The number of methoxy groups -OCH3 is 2. The van der Waals surface area contributed by atoms with E-state index in [9.17, 15) is 0 Å². The fraction of sp³-hybridized carbons (Fsp3) is 0.238. The lowest BCUT2D eigenvalue weighted by Crippen LogP contribution is -2.07.